The fourth-order valence-electron chi connectivity index (χ4n) is 2.17. The summed E-state index contributed by atoms with van der Waals surface area (Å²) in [6.07, 6.45) is 1.75. The largest absolute Gasteiger partial charge is 0.481 e. The molecule has 20 heavy (non-hydrogen) atoms. The first-order valence-electron chi connectivity index (χ1n) is 6.54. The van der Waals surface area contributed by atoms with Gasteiger partial charge in [0.15, 0.2) is 5.82 Å². The molecule has 1 fully saturated rings. The summed E-state index contributed by atoms with van der Waals surface area (Å²) >= 11 is 0. The van der Waals surface area contributed by atoms with Gasteiger partial charge in [0.05, 0.1) is 20.3 Å². The molecule has 1 aliphatic heterocycles. The van der Waals surface area contributed by atoms with Crippen LogP contribution in [0.1, 0.15) is 5.56 Å². The van der Waals surface area contributed by atoms with E-state index >= 15 is 0 Å². The number of methoxy groups -OCH3 is 1. The maximum Gasteiger partial charge on any atom is 0.245 e. The van der Waals surface area contributed by atoms with Crippen LogP contribution < -0.4 is 9.64 Å². The Hall–Kier alpha value is -2.15. The number of pyridine rings is 1. The Morgan fingerprint density at radius 1 is 1.35 bits per heavy atom. The number of aromatic amines is 1. The van der Waals surface area contributed by atoms with Crippen molar-refractivity contribution in [2.45, 2.75) is 6.92 Å². The topological polar surface area (TPSA) is 76.2 Å². The van der Waals surface area contributed by atoms with E-state index in [4.69, 9.17) is 9.47 Å². The summed E-state index contributed by atoms with van der Waals surface area (Å²) in [5.41, 5.74) is 1.97. The predicted molar refractivity (Wildman–Crippen MR) is 73.9 cm³/mol. The molecule has 106 valence electrons. The van der Waals surface area contributed by atoms with Crippen LogP contribution in [0.2, 0.25) is 0 Å². The third kappa shape index (κ3) is 2.44. The van der Waals surface area contributed by atoms with Crippen LogP contribution in [0.4, 0.5) is 5.95 Å². The number of nitrogens with zero attached hydrogens (tertiary/aromatic N) is 4. The number of hydrogen-bond donors (Lipinski definition) is 1. The Morgan fingerprint density at radius 3 is 2.85 bits per heavy atom. The smallest absolute Gasteiger partial charge is 0.245 e. The molecule has 7 nitrogen and oxygen atoms in total. The lowest BCUT2D eigenvalue weighted by atomic mass is 10.1. The number of morpholine rings is 1. The highest BCUT2D eigenvalue weighted by Crippen LogP contribution is 2.23. The number of anilines is 1. The van der Waals surface area contributed by atoms with E-state index in [1.807, 2.05) is 13.0 Å². The molecule has 3 heterocycles. The van der Waals surface area contributed by atoms with Gasteiger partial charge in [0.1, 0.15) is 0 Å². The van der Waals surface area contributed by atoms with Gasteiger partial charge in [-0.15, -0.1) is 5.10 Å². The van der Waals surface area contributed by atoms with Crippen molar-refractivity contribution in [2.75, 3.05) is 38.3 Å². The number of hydrogen-bond acceptors (Lipinski definition) is 6. The number of H-pyrrole nitrogens is 1. The second-order valence-corrected chi connectivity index (χ2v) is 4.63. The average molecular weight is 275 g/mol. The zero-order valence-electron chi connectivity index (χ0n) is 11.6. The quantitative estimate of drug-likeness (QED) is 0.901. The lowest BCUT2D eigenvalue weighted by Gasteiger charge is -2.25. The molecule has 3 rings (SSSR count). The Balaban J connectivity index is 1.85. The molecule has 2 aromatic heterocycles. The third-order valence-corrected chi connectivity index (χ3v) is 3.32. The first kappa shape index (κ1) is 12.9. The van der Waals surface area contributed by atoms with E-state index in [2.05, 4.69) is 25.1 Å². The van der Waals surface area contributed by atoms with Crippen LogP contribution in [-0.4, -0.2) is 53.6 Å². The van der Waals surface area contributed by atoms with Crippen LogP contribution in [0, 0.1) is 6.92 Å². The molecule has 0 spiro atoms. The standard InChI is InChI=1S/C13H17N5O2/c1-9-7-11(19-2)14-8-10(9)12-15-13(17-16-12)18-3-5-20-6-4-18/h7-8H,3-6H2,1-2H3,(H,15,16,17). The summed E-state index contributed by atoms with van der Waals surface area (Å²) in [6, 6.07) is 1.88. The Morgan fingerprint density at radius 2 is 2.15 bits per heavy atom. The highest BCUT2D eigenvalue weighted by Gasteiger charge is 2.17. The summed E-state index contributed by atoms with van der Waals surface area (Å²) in [4.78, 5) is 10.9. The van der Waals surface area contributed by atoms with E-state index in [9.17, 15) is 0 Å². The molecule has 0 bridgehead atoms. The van der Waals surface area contributed by atoms with Crippen LogP contribution in [0.5, 0.6) is 5.88 Å². The van der Waals surface area contributed by atoms with Crippen LogP contribution in [-0.2, 0) is 4.74 Å². The van der Waals surface area contributed by atoms with Crippen molar-refractivity contribution < 1.29 is 9.47 Å². The van der Waals surface area contributed by atoms with Gasteiger partial charge in [-0.1, -0.05) is 0 Å². The van der Waals surface area contributed by atoms with E-state index in [1.165, 1.54) is 0 Å². The fourth-order valence-corrected chi connectivity index (χ4v) is 2.17. The van der Waals surface area contributed by atoms with Gasteiger partial charge < -0.3 is 14.4 Å². The minimum atomic E-state index is 0.596. The monoisotopic (exact) mass is 275 g/mol. The molecule has 1 saturated heterocycles. The molecule has 0 aliphatic carbocycles. The molecule has 1 N–H and O–H groups in total. The first-order valence-corrected chi connectivity index (χ1v) is 6.54. The van der Waals surface area contributed by atoms with Crippen molar-refractivity contribution in [2.24, 2.45) is 0 Å². The van der Waals surface area contributed by atoms with Crippen molar-refractivity contribution in [1.29, 1.82) is 0 Å². The molecule has 0 unspecified atom stereocenters. The number of rotatable bonds is 3. The molecular weight excluding hydrogens is 258 g/mol. The second kappa shape index (κ2) is 5.46. The van der Waals surface area contributed by atoms with Crippen LogP contribution in [0.15, 0.2) is 12.3 Å². The molecule has 0 atom stereocenters. The number of aromatic nitrogens is 4. The highest BCUT2D eigenvalue weighted by atomic mass is 16.5. The predicted octanol–water partition coefficient (Wildman–Crippen LogP) is 1.02. The van der Waals surface area contributed by atoms with Gasteiger partial charge in [-0.3, -0.25) is 5.10 Å². The zero-order chi connectivity index (χ0) is 13.9. The molecule has 0 saturated carbocycles. The Kier molecular flexibility index (Phi) is 3.51. The summed E-state index contributed by atoms with van der Waals surface area (Å²) in [6.45, 7) is 5.06. The number of aryl methyl sites for hydroxylation is 1. The summed E-state index contributed by atoms with van der Waals surface area (Å²) in [5.74, 6) is 2.02. The Bertz CT molecular complexity index is 592. The third-order valence-electron chi connectivity index (χ3n) is 3.32. The first-order chi connectivity index (χ1) is 9.78. The lowest BCUT2D eigenvalue weighted by Crippen LogP contribution is -2.36. The van der Waals surface area contributed by atoms with Crippen molar-refractivity contribution in [3.05, 3.63) is 17.8 Å². The van der Waals surface area contributed by atoms with E-state index in [0.29, 0.717) is 25.0 Å². The van der Waals surface area contributed by atoms with Gasteiger partial charge in [0.2, 0.25) is 11.8 Å². The van der Waals surface area contributed by atoms with Crippen molar-refractivity contribution >= 4 is 5.95 Å². The second-order valence-electron chi connectivity index (χ2n) is 4.63. The number of nitrogens with one attached hydrogen (secondary N) is 1. The van der Waals surface area contributed by atoms with Gasteiger partial charge in [0, 0.05) is 30.9 Å². The zero-order valence-corrected chi connectivity index (χ0v) is 11.6. The molecular formula is C13H17N5O2. The summed E-state index contributed by atoms with van der Waals surface area (Å²) < 4.78 is 10.4. The van der Waals surface area contributed by atoms with Gasteiger partial charge in [0.25, 0.3) is 0 Å². The maximum atomic E-state index is 5.33. The molecule has 0 amide bonds. The molecule has 2 aromatic rings. The van der Waals surface area contributed by atoms with Crippen LogP contribution in [0.25, 0.3) is 11.4 Å². The summed E-state index contributed by atoms with van der Waals surface area (Å²) in [5, 5.41) is 7.25. The van der Waals surface area contributed by atoms with E-state index in [-0.39, 0.29) is 0 Å². The molecule has 0 radical (unpaired) electrons. The van der Waals surface area contributed by atoms with Gasteiger partial charge in [-0.05, 0) is 12.5 Å². The molecule has 7 heteroatoms. The molecule has 0 aromatic carbocycles. The van der Waals surface area contributed by atoms with Crippen molar-refractivity contribution in [3.8, 4) is 17.3 Å². The highest BCUT2D eigenvalue weighted by molar-refractivity contribution is 5.60. The number of ether oxygens (including phenoxy) is 2. The van der Waals surface area contributed by atoms with Gasteiger partial charge in [-0.2, -0.15) is 4.98 Å². The molecule has 1 aliphatic rings. The fraction of sp³-hybridized carbons (Fsp3) is 0.462. The van der Waals surface area contributed by atoms with E-state index in [0.717, 1.165) is 30.0 Å². The average Bonchev–Trinajstić information content (AvgIpc) is 2.97. The van der Waals surface area contributed by atoms with E-state index in [1.54, 1.807) is 13.3 Å². The Labute approximate surface area is 116 Å². The van der Waals surface area contributed by atoms with Crippen LogP contribution in [0.3, 0.4) is 0 Å². The normalized spacial score (nSPS) is 15.4. The van der Waals surface area contributed by atoms with Gasteiger partial charge in [-0.25, -0.2) is 4.98 Å². The lowest BCUT2D eigenvalue weighted by molar-refractivity contribution is 0.122. The minimum absolute atomic E-state index is 0.596. The van der Waals surface area contributed by atoms with Crippen LogP contribution >= 0.6 is 0 Å². The SMILES string of the molecule is COc1cc(C)c(-c2nc(N3CCOCC3)n[nH]2)cn1. The minimum Gasteiger partial charge on any atom is -0.481 e. The van der Waals surface area contributed by atoms with Crippen molar-refractivity contribution in [3.63, 3.8) is 0 Å². The van der Waals surface area contributed by atoms with E-state index < -0.39 is 0 Å². The van der Waals surface area contributed by atoms with Crippen molar-refractivity contribution in [1.82, 2.24) is 20.2 Å². The summed E-state index contributed by atoms with van der Waals surface area (Å²) in [7, 11) is 1.60. The van der Waals surface area contributed by atoms with Gasteiger partial charge >= 0.3 is 0 Å². The maximum absolute atomic E-state index is 5.33.